The highest BCUT2D eigenvalue weighted by atomic mass is 32.2. The van der Waals surface area contributed by atoms with Crippen molar-refractivity contribution in [2.75, 3.05) is 4.72 Å². The summed E-state index contributed by atoms with van der Waals surface area (Å²) in [6, 6.07) is 0. The molecule has 2 aromatic rings. The standard InChI is InChI=1S/C5H5N5O2S2/c11-14(12,4-1-6-7-2-4)9-5-3-8-10-13-5/h1-3,9H,(H,6,7). The van der Waals surface area contributed by atoms with E-state index in [2.05, 4.69) is 24.5 Å². The molecule has 7 nitrogen and oxygen atoms in total. The predicted molar refractivity (Wildman–Crippen MR) is 49.3 cm³/mol. The first kappa shape index (κ1) is 9.09. The molecule has 0 unspecified atom stereocenters. The van der Waals surface area contributed by atoms with E-state index >= 15 is 0 Å². The van der Waals surface area contributed by atoms with E-state index in [1.54, 1.807) is 0 Å². The molecule has 0 saturated heterocycles. The molecule has 0 spiro atoms. The van der Waals surface area contributed by atoms with Crippen LogP contribution in [0, 0.1) is 0 Å². The Morgan fingerprint density at radius 2 is 2.29 bits per heavy atom. The quantitative estimate of drug-likeness (QED) is 0.778. The molecule has 2 rings (SSSR count). The summed E-state index contributed by atoms with van der Waals surface area (Å²) >= 11 is 0.965. The minimum Gasteiger partial charge on any atom is -0.284 e. The van der Waals surface area contributed by atoms with Gasteiger partial charge in [0.05, 0.1) is 12.4 Å². The van der Waals surface area contributed by atoms with Crippen LogP contribution in [-0.2, 0) is 10.0 Å². The molecule has 0 radical (unpaired) electrons. The molecule has 74 valence electrons. The van der Waals surface area contributed by atoms with Gasteiger partial charge in [-0.05, 0) is 0 Å². The van der Waals surface area contributed by atoms with Crippen LogP contribution < -0.4 is 4.72 Å². The third-order valence-electron chi connectivity index (χ3n) is 1.38. The smallest absolute Gasteiger partial charge is 0.265 e. The molecule has 0 amide bonds. The minimum absolute atomic E-state index is 0.0749. The van der Waals surface area contributed by atoms with E-state index in [9.17, 15) is 8.42 Å². The van der Waals surface area contributed by atoms with E-state index in [0.29, 0.717) is 5.00 Å². The van der Waals surface area contributed by atoms with Crippen LogP contribution in [0.1, 0.15) is 0 Å². The van der Waals surface area contributed by atoms with Crippen LogP contribution in [0.3, 0.4) is 0 Å². The lowest BCUT2D eigenvalue weighted by Crippen LogP contribution is -2.11. The van der Waals surface area contributed by atoms with Gasteiger partial charge in [0.1, 0.15) is 9.90 Å². The molecule has 9 heteroatoms. The molecule has 2 N–H and O–H groups in total. The Hall–Kier alpha value is -1.48. The second-order valence-electron chi connectivity index (χ2n) is 2.32. The van der Waals surface area contributed by atoms with Gasteiger partial charge in [-0.15, -0.1) is 5.10 Å². The van der Waals surface area contributed by atoms with Crippen molar-refractivity contribution < 1.29 is 8.42 Å². The van der Waals surface area contributed by atoms with Crippen molar-refractivity contribution in [1.82, 2.24) is 19.8 Å². The Labute approximate surface area is 83.4 Å². The fourth-order valence-electron chi connectivity index (χ4n) is 0.789. The number of hydrogen-bond acceptors (Lipinski definition) is 6. The maximum Gasteiger partial charge on any atom is 0.265 e. The van der Waals surface area contributed by atoms with Gasteiger partial charge < -0.3 is 0 Å². The lowest BCUT2D eigenvalue weighted by molar-refractivity contribution is 0.601. The van der Waals surface area contributed by atoms with Crippen molar-refractivity contribution in [2.24, 2.45) is 0 Å². The zero-order valence-electron chi connectivity index (χ0n) is 6.71. The SMILES string of the molecule is O=S(=O)(Nc1cnns1)c1cn[nH]c1. The van der Waals surface area contributed by atoms with Crippen molar-refractivity contribution >= 4 is 26.6 Å². The van der Waals surface area contributed by atoms with E-state index in [1.807, 2.05) is 0 Å². The zero-order valence-corrected chi connectivity index (χ0v) is 8.34. The van der Waals surface area contributed by atoms with Crippen LogP contribution in [0.25, 0.3) is 0 Å². The Morgan fingerprint density at radius 3 is 2.86 bits per heavy atom. The minimum atomic E-state index is -3.55. The van der Waals surface area contributed by atoms with Gasteiger partial charge in [-0.1, -0.05) is 4.49 Å². The fraction of sp³-hybridized carbons (Fsp3) is 0. The Bertz CT molecular complexity index is 488. The Kier molecular flexibility index (Phi) is 2.17. The van der Waals surface area contributed by atoms with E-state index in [4.69, 9.17) is 0 Å². The average Bonchev–Trinajstić information content (AvgIpc) is 2.71. The number of rotatable bonds is 3. The van der Waals surface area contributed by atoms with Crippen LogP contribution in [0.2, 0.25) is 0 Å². The highest BCUT2D eigenvalue weighted by Crippen LogP contribution is 2.15. The topological polar surface area (TPSA) is 101 Å². The summed E-state index contributed by atoms with van der Waals surface area (Å²) in [5.41, 5.74) is 0. The van der Waals surface area contributed by atoms with Crippen LogP contribution in [-0.4, -0.2) is 28.2 Å². The molecule has 2 aromatic heterocycles. The molecular formula is C5H5N5O2S2. The number of aromatic nitrogens is 4. The van der Waals surface area contributed by atoms with Crippen molar-refractivity contribution in [3.8, 4) is 0 Å². The van der Waals surface area contributed by atoms with Gasteiger partial charge in [-0.2, -0.15) is 5.10 Å². The molecular weight excluding hydrogens is 226 g/mol. The molecule has 14 heavy (non-hydrogen) atoms. The van der Waals surface area contributed by atoms with Gasteiger partial charge in [0.2, 0.25) is 0 Å². The lowest BCUT2D eigenvalue weighted by Gasteiger charge is -2.00. The first-order valence-electron chi connectivity index (χ1n) is 3.47. The third-order valence-corrected chi connectivity index (χ3v) is 3.42. The van der Waals surface area contributed by atoms with Gasteiger partial charge in [0.15, 0.2) is 0 Å². The number of hydrogen-bond donors (Lipinski definition) is 2. The predicted octanol–water partition coefficient (Wildman–Crippen LogP) is 0.0620. The second-order valence-corrected chi connectivity index (χ2v) is 4.79. The molecule has 0 bridgehead atoms. The summed E-state index contributed by atoms with van der Waals surface area (Å²) in [5, 5.41) is 9.84. The normalized spacial score (nSPS) is 11.4. The number of nitrogens with one attached hydrogen (secondary N) is 2. The largest absolute Gasteiger partial charge is 0.284 e. The van der Waals surface area contributed by atoms with Crippen molar-refractivity contribution in [2.45, 2.75) is 4.90 Å². The van der Waals surface area contributed by atoms with Gasteiger partial charge in [0, 0.05) is 17.7 Å². The van der Waals surface area contributed by atoms with E-state index < -0.39 is 10.0 Å². The highest BCUT2D eigenvalue weighted by Gasteiger charge is 2.15. The average molecular weight is 231 g/mol. The fourth-order valence-corrected chi connectivity index (χ4v) is 2.38. The molecule has 0 saturated carbocycles. The molecule has 0 aliphatic heterocycles. The second kappa shape index (κ2) is 3.35. The van der Waals surface area contributed by atoms with Gasteiger partial charge >= 0.3 is 0 Å². The summed E-state index contributed by atoms with van der Waals surface area (Å²) in [4.78, 5) is 0.0749. The van der Waals surface area contributed by atoms with E-state index in [-0.39, 0.29) is 4.90 Å². The first-order valence-corrected chi connectivity index (χ1v) is 5.73. The number of sulfonamides is 1. The Balaban J connectivity index is 2.27. The monoisotopic (exact) mass is 231 g/mol. The molecule has 2 heterocycles. The lowest BCUT2D eigenvalue weighted by atomic mass is 10.7. The summed E-state index contributed by atoms with van der Waals surface area (Å²) in [6.07, 6.45) is 3.84. The van der Waals surface area contributed by atoms with Gasteiger partial charge in [-0.25, -0.2) is 8.42 Å². The maximum absolute atomic E-state index is 11.5. The first-order chi connectivity index (χ1) is 6.68. The van der Waals surface area contributed by atoms with E-state index in [0.717, 1.165) is 11.5 Å². The van der Waals surface area contributed by atoms with Crippen LogP contribution in [0.5, 0.6) is 0 Å². The van der Waals surface area contributed by atoms with Gasteiger partial charge in [-0.3, -0.25) is 9.82 Å². The highest BCUT2D eigenvalue weighted by molar-refractivity contribution is 7.93. The Morgan fingerprint density at radius 1 is 1.43 bits per heavy atom. The van der Waals surface area contributed by atoms with Crippen LogP contribution >= 0.6 is 11.5 Å². The molecule has 0 fully saturated rings. The van der Waals surface area contributed by atoms with Crippen molar-refractivity contribution in [3.05, 3.63) is 18.6 Å². The van der Waals surface area contributed by atoms with Crippen molar-refractivity contribution in [3.63, 3.8) is 0 Å². The zero-order chi connectivity index (χ0) is 10.0. The van der Waals surface area contributed by atoms with Crippen molar-refractivity contribution in [1.29, 1.82) is 0 Å². The number of H-pyrrole nitrogens is 1. The third kappa shape index (κ3) is 1.72. The number of aromatic amines is 1. The molecule has 0 aromatic carbocycles. The van der Waals surface area contributed by atoms with Crippen LogP contribution in [0.4, 0.5) is 5.00 Å². The number of anilines is 1. The van der Waals surface area contributed by atoms with E-state index in [1.165, 1.54) is 18.6 Å². The summed E-state index contributed by atoms with van der Waals surface area (Å²) in [5.74, 6) is 0. The summed E-state index contributed by atoms with van der Waals surface area (Å²) < 4.78 is 28.9. The summed E-state index contributed by atoms with van der Waals surface area (Å²) in [6.45, 7) is 0. The van der Waals surface area contributed by atoms with Gasteiger partial charge in [0.25, 0.3) is 10.0 Å². The number of nitrogens with zero attached hydrogens (tertiary/aromatic N) is 3. The summed E-state index contributed by atoms with van der Waals surface area (Å²) in [7, 11) is -3.55. The molecule has 0 atom stereocenters. The van der Waals surface area contributed by atoms with Crippen LogP contribution in [0.15, 0.2) is 23.5 Å². The maximum atomic E-state index is 11.5. The molecule has 0 aliphatic rings. The molecule has 0 aliphatic carbocycles.